The Morgan fingerprint density at radius 3 is 2.32 bits per heavy atom. The molecule has 0 saturated carbocycles. The number of aliphatic hydroxyl groups excluding tert-OH is 1. The molecule has 0 aliphatic rings. The van der Waals surface area contributed by atoms with Gasteiger partial charge in [-0.25, -0.2) is 0 Å². The molecule has 0 aliphatic carbocycles. The molecule has 0 fully saturated rings. The van der Waals surface area contributed by atoms with Gasteiger partial charge >= 0.3 is 0 Å². The Bertz CT molecular complexity index is 392. The molecule has 1 aromatic carbocycles. The molecule has 2 atom stereocenters. The molecule has 4 heteroatoms. The Hall–Kier alpha value is -1.39. The molecule has 0 aromatic heterocycles. The van der Waals surface area contributed by atoms with Crippen LogP contribution in [0.25, 0.3) is 0 Å². The molecule has 0 radical (unpaired) electrons. The zero-order chi connectivity index (χ0) is 14.4. The van der Waals surface area contributed by atoms with E-state index >= 15 is 0 Å². The maximum absolute atomic E-state index is 12.4. The molecule has 0 aliphatic heterocycles. The number of hydrogen-bond donors (Lipinski definition) is 2. The molecule has 0 bridgehead atoms. The zero-order valence-corrected chi connectivity index (χ0v) is 11.9. The standard InChI is InChI=1S/C15H24N2O2/c1-11(2)17(9-10-18)15(19)12(3)14(16)13-7-5-4-6-8-13/h4-8,11-12,14,18H,9-10,16H2,1-3H3. The van der Waals surface area contributed by atoms with Crippen molar-refractivity contribution in [2.75, 3.05) is 13.2 Å². The minimum atomic E-state index is -0.325. The lowest BCUT2D eigenvalue weighted by Gasteiger charge is -2.31. The summed E-state index contributed by atoms with van der Waals surface area (Å²) in [6, 6.07) is 9.36. The third kappa shape index (κ3) is 4.04. The van der Waals surface area contributed by atoms with Crippen LogP contribution in [0.2, 0.25) is 0 Å². The summed E-state index contributed by atoms with van der Waals surface area (Å²) in [5.74, 6) is -0.322. The van der Waals surface area contributed by atoms with E-state index in [1.807, 2.05) is 51.1 Å². The molecular formula is C15H24N2O2. The highest BCUT2D eigenvalue weighted by atomic mass is 16.3. The molecular weight excluding hydrogens is 240 g/mol. The lowest BCUT2D eigenvalue weighted by molar-refractivity contribution is -0.138. The number of rotatable bonds is 6. The number of carbonyl (C=O) groups excluding carboxylic acids is 1. The van der Waals surface area contributed by atoms with Crippen LogP contribution in [0.3, 0.4) is 0 Å². The normalized spacial score (nSPS) is 14.2. The van der Waals surface area contributed by atoms with Gasteiger partial charge in [-0.15, -0.1) is 0 Å². The van der Waals surface area contributed by atoms with Gasteiger partial charge in [0, 0.05) is 18.6 Å². The van der Waals surface area contributed by atoms with Crippen LogP contribution >= 0.6 is 0 Å². The summed E-state index contributed by atoms with van der Waals surface area (Å²) in [6.45, 7) is 6.04. The first-order valence-electron chi connectivity index (χ1n) is 6.71. The van der Waals surface area contributed by atoms with E-state index in [2.05, 4.69) is 0 Å². The van der Waals surface area contributed by atoms with E-state index in [9.17, 15) is 4.79 Å². The van der Waals surface area contributed by atoms with Gasteiger partial charge in [0.15, 0.2) is 0 Å². The molecule has 3 N–H and O–H groups in total. The maximum atomic E-state index is 12.4. The van der Waals surface area contributed by atoms with Crippen LogP contribution in [0.5, 0.6) is 0 Å². The summed E-state index contributed by atoms with van der Waals surface area (Å²) in [6.07, 6.45) is 0. The molecule has 106 valence electrons. The second kappa shape index (κ2) is 7.26. The predicted molar refractivity (Wildman–Crippen MR) is 76.5 cm³/mol. The second-order valence-electron chi connectivity index (χ2n) is 5.07. The molecule has 1 rings (SSSR count). The van der Waals surface area contributed by atoms with E-state index < -0.39 is 0 Å². The van der Waals surface area contributed by atoms with Crippen LogP contribution in [0, 0.1) is 5.92 Å². The third-order valence-electron chi connectivity index (χ3n) is 3.36. The van der Waals surface area contributed by atoms with E-state index in [0.29, 0.717) is 6.54 Å². The number of carbonyl (C=O) groups is 1. The molecule has 1 aromatic rings. The third-order valence-corrected chi connectivity index (χ3v) is 3.36. The summed E-state index contributed by atoms with van der Waals surface area (Å²) in [7, 11) is 0. The van der Waals surface area contributed by atoms with Gasteiger partial charge < -0.3 is 15.7 Å². The summed E-state index contributed by atoms with van der Waals surface area (Å²) in [5.41, 5.74) is 7.12. The van der Waals surface area contributed by atoms with Gasteiger partial charge in [-0.2, -0.15) is 0 Å². The van der Waals surface area contributed by atoms with Crippen molar-refractivity contribution in [2.24, 2.45) is 11.7 Å². The van der Waals surface area contributed by atoms with E-state index in [0.717, 1.165) is 5.56 Å². The van der Waals surface area contributed by atoms with Crippen LogP contribution in [-0.2, 0) is 4.79 Å². The minimum Gasteiger partial charge on any atom is -0.395 e. The summed E-state index contributed by atoms with van der Waals surface area (Å²) in [4.78, 5) is 14.1. The molecule has 0 heterocycles. The summed E-state index contributed by atoms with van der Waals surface area (Å²) < 4.78 is 0. The SMILES string of the molecule is CC(C(=O)N(CCO)C(C)C)C(N)c1ccccc1. The molecule has 19 heavy (non-hydrogen) atoms. The first kappa shape index (κ1) is 15.7. The van der Waals surface area contributed by atoms with Gasteiger partial charge in [0.25, 0.3) is 0 Å². The average molecular weight is 264 g/mol. The highest BCUT2D eigenvalue weighted by Gasteiger charge is 2.27. The van der Waals surface area contributed by atoms with Gasteiger partial charge in [0.1, 0.15) is 0 Å². The Labute approximate surface area is 115 Å². The van der Waals surface area contributed by atoms with Gasteiger partial charge in [0.05, 0.1) is 12.5 Å². The van der Waals surface area contributed by atoms with Crippen molar-refractivity contribution in [3.63, 3.8) is 0 Å². The fourth-order valence-corrected chi connectivity index (χ4v) is 2.11. The van der Waals surface area contributed by atoms with Crippen LogP contribution in [-0.4, -0.2) is 35.1 Å². The Morgan fingerprint density at radius 2 is 1.84 bits per heavy atom. The fraction of sp³-hybridized carbons (Fsp3) is 0.533. The largest absolute Gasteiger partial charge is 0.395 e. The first-order valence-corrected chi connectivity index (χ1v) is 6.71. The summed E-state index contributed by atoms with van der Waals surface area (Å²) in [5, 5.41) is 9.05. The van der Waals surface area contributed by atoms with Gasteiger partial charge in [-0.1, -0.05) is 37.3 Å². The summed E-state index contributed by atoms with van der Waals surface area (Å²) >= 11 is 0. The highest BCUT2D eigenvalue weighted by Crippen LogP contribution is 2.21. The molecule has 0 saturated heterocycles. The van der Waals surface area contributed by atoms with Crippen LogP contribution in [0.1, 0.15) is 32.4 Å². The lowest BCUT2D eigenvalue weighted by Crippen LogP contribution is -2.44. The van der Waals surface area contributed by atoms with Gasteiger partial charge in [0.2, 0.25) is 5.91 Å². The van der Waals surface area contributed by atoms with Crippen molar-refractivity contribution in [3.05, 3.63) is 35.9 Å². The zero-order valence-electron chi connectivity index (χ0n) is 11.9. The Kier molecular flexibility index (Phi) is 5.99. The molecule has 4 nitrogen and oxygen atoms in total. The number of amides is 1. The molecule has 1 amide bonds. The van der Waals surface area contributed by atoms with E-state index in [4.69, 9.17) is 10.8 Å². The van der Waals surface area contributed by atoms with Crippen LogP contribution in [0.15, 0.2) is 30.3 Å². The second-order valence-corrected chi connectivity index (χ2v) is 5.07. The number of hydrogen-bond acceptors (Lipinski definition) is 3. The molecule has 0 spiro atoms. The number of aliphatic hydroxyl groups is 1. The Balaban J connectivity index is 2.80. The van der Waals surface area contributed by atoms with Gasteiger partial charge in [-0.05, 0) is 19.4 Å². The number of nitrogens with two attached hydrogens (primary N) is 1. The topological polar surface area (TPSA) is 66.6 Å². The van der Waals surface area contributed by atoms with Crippen molar-refractivity contribution >= 4 is 5.91 Å². The monoisotopic (exact) mass is 264 g/mol. The molecule has 2 unspecified atom stereocenters. The lowest BCUT2D eigenvalue weighted by atomic mass is 9.94. The van der Waals surface area contributed by atoms with Crippen molar-refractivity contribution in [3.8, 4) is 0 Å². The van der Waals surface area contributed by atoms with E-state index in [1.54, 1.807) is 4.90 Å². The number of benzene rings is 1. The van der Waals surface area contributed by atoms with Crippen molar-refractivity contribution in [1.29, 1.82) is 0 Å². The minimum absolute atomic E-state index is 0.0135. The van der Waals surface area contributed by atoms with Crippen molar-refractivity contribution < 1.29 is 9.90 Å². The van der Waals surface area contributed by atoms with Crippen LogP contribution < -0.4 is 5.73 Å². The predicted octanol–water partition coefficient (Wildman–Crippen LogP) is 1.55. The first-order chi connectivity index (χ1) is 8.99. The van der Waals surface area contributed by atoms with Crippen molar-refractivity contribution in [1.82, 2.24) is 4.90 Å². The quantitative estimate of drug-likeness (QED) is 0.819. The van der Waals surface area contributed by atoms with E-state index in [-0.39, 0.29) is 30.5 Å². The smallest absolute Gasteiger partial charge is 0.227 e. The average Bonchev–Trinajstić information content (AvgIpc) is 2.43. The van der Waals surface area contributed by atoms with Gasteiger partial charge in [-0.3, -0.25) is 4.79 Å². The Morgan fingerprint density at radius 1 is 1.26 bits per heavy atom. The number of nitrogens with zero attached hydrogens (tertiary/aromatic N) is 1. The van der Waals surface area contributed by atoms with Crippen molar-refractivity contribution in [2.45, 2.75) is 32.9 Å². The maximum Gasteiger partial charge on any atom is 0.227 e. The fourth-order valence-electron chi connectivity index (χ4n) is 2.11. The highest BCUT2D eigenvalue weighted by molar-refractivity contribution is 5.79. The van der Waals surface area contributed by atoms with Crippen LogP contribution in [0.4, 0.5) is 0 Å². The van der Waals surface area contributed by atoms with E-state index in [1.165, 1.54) is 0 Å².